The molecule has 5 nitrogen and oxygen atoms in total. The average Bonchev–Trinajstić information content (AvgIpc) is 2.19. The van der Waals surface area contributed by atoms with Crippen LogP contribution in [0.2, 0.25) is 0 Å². The molecule has 0 atom stereocenters. The van der Waals surface area contributed by atoms with Crippen LogP contribution in [-0.4, -0.2) is 58.9 Å². The predicted octanol–water partition coefficient (Wildman–Crippen LogP) is -0.742. The molecule has 1 heterocycles. The van der Waals surface area contributed by atoms with Gasteiger partial charge in [0.1, 0.15) is 0 Å². The highest BCUT2D eigenvalue weighted by Gasteiger charge is 2.12. The van der Waals surface area contributed by atoms with E-state index >= 15 is 0 Å². The predicted molar refractivity (Wildman–Crippen MR) is 54.7 cm³/mol. The third-order valence-corrected chi connectivity index (χ3v) is 3.63. The number of rotatable bonds is 5. The summed E-state index contributed by atoms with van der Waals surface area (Å²) < 4.78 is 26.3. The lowest BCUT2D eigenvalue weighted by Gasteiger charge is -2.26. The zero-order valence-electron chi connectivity index (χ0n) is 8.53. The molecule has 0 amide bonds. The fraction of sp³-hybridized carbons (Fsp3) is 1.00. The normalized spacial score (nSPS) is 19.8. The van der Waals surface area contributed by atoms with Crippen LogP contribution in [0.4, 0.5) is 0 Å². The molecule has 6 heteroatoms. The van der Waals surface area contributed by atoms with Gasteiger partial charge >= 0.3 is 0 Å². The van der Waals surface area contributed by atoms with Crippen molar-refractivity contribution >= 4 is 10.1 Å². The molecule has 1 N–H and O–H groups in total. The molecular weight excluding hydrogens is 204 g/mol. The third kappa shape index (κ3) is 4.36. The molecular formula is C8H18N2O3S. The second-order valence-electron chi connectivity index (χ2n) is 3.37. The topological polar surface area (TPSA) is 58.6 Å². The lowest BCUT2D eigenvalue weighted by atomic mass is 10.3. The van der Waals surface area contributed by atoms with Crippen LogP contribution in [0.3, 0.4) is 0 Å². The van der Waals surface area contributed by atoms with Crippen molar-refractivity contribution in [3.8, 4) is 0 Å². The van der Waals surface area contributed by atoms with E-state index in [4.69, 9.17) is 0 Å². The van der Waals surface area contributed by atoms with Gasteiger partial charge in [0.15, 0.2) is 0 Å². The van der Waals surface area contributed by atoms with Gasteiger partial charge < -0.3 is 10.2 Å². The molecule has 1 saturated heterocycles. The first-order valence-corrected chi connectivity index (χ1v) is 6.43. The highest BCUT2D eigenvalue weighted by Crippen LogP contribution is 1.98. The Morgan fingerprint density at radius 2 is 2.00 bits per heavy atom. The molecule has 0 bridgehead atoms. The van der Waals surface area contributed by atoms with Crippen molar-refractivity contribution < 1.29 is 12.6 Å². The average molecular weight is 222 g/mol. The van der Waals surface area contributed by atoms with Crippen LogP contribution in [0.15, 0.2) is 0 Å². The van der Waals surface area contributed by atoms with Gasteiger partial charge in [-0.25, -0.2) is 0 Å². The summed E-state index contributed by atoms with van der Waals surface area (Å²) in [6.45, 7) is 4.85. The summed E-state index contributed by atoms with van der Waals surface area (Å²) in [6, 6.07) is 0. The molecule has 0 radical (unpaired) electrons. The Morgan fingerprint density at radius 3 is 2.57 bits per heavy atom. The first kappa shape index (κ1) is 11.9. The Bertz CT molecular complexity index is 247. The van der Waals surface area contributed by atoms with Gasteiger partial charge in [-0.05, 0) is 13.0 Å². The van der Waals surface area contributed by atoms with E-state index in [-0.39, 0.29) is 5.75 Å². The maximum Gasteiger partial charge on any atom is 0.267 e. The van der Waals surface area contributed by atoms with Gasteiger partial charge in [0.05, 0.1) is 12.9 Å². The van der Waals surface area contributed by atoms with E-state index in [9.17, 15) is 8.42 Å². The molecule has 0 saturated carbocycles. The summed E-state index contributed by atoms with van der Waals surface area (Å²) in [5.74, 6) is 0.118. The van der Waals surface area contributed by atoms with Crippen LogP contribution >= 0.6 is 0 Å². The van der Waals surface area contributed by atoms with E-state index in [2.05, 4.69) is 14.4 Å². The molecule has 0 aromatic heterocycles. The summed E-state index contributed by atoms with van der Waals surface area (Å²) in [4.78, 5) is 2.27. The Labute approximate surface area is 85.5 Å². The van der Waals surface area contributed by atoms with Gasteiger partial charge in [0.2, 0.25) is 0 Å². The van der Waals surface area contributed by atoms with Crippen LogP contribution in [0, 0.1) is 0 Å². The molecule has 0 aromatic carbocycles. The van der Waals surface area contributed by atoms with Gasteiger partial charge in [-0.15, -0.1) is 0 Å². The van der Waals surface area contributed by atoms with Crippen molar-refractivity contribution in [1.29, 1.82) is 0 Å². The minimum atomic E-state index is -3.26. The summed E-state index contributed by atoms with van der Waals surface area (Å²) >= 11 is 0. The molecule has 1 rings (SSSR count). The lowest BCUT2D eigenvalue weighted by molar-refractivity contribution is 0.241. The number of hydrogen-bond acceptors (Lipinski definition) is 5. The smallest absolute Gasteiger partial charge is 0.267 e. The van der Waals surface area contributed by atoms with E-state index in [1.165, 1.54) is 7.11 Å². The van der Waals surface area contributed by atoms with E-state index in [0.717, 1.165) is 32.7 Å². The number of piperazine rings is 1. The highest BCUT2D eigenvalue weighted by molar-refractivity contribution is 7.86. The number of nitrogens with one attached hydrogen (secondary N) is 1. The standard InChI is InChI=1S/C8H18N2O3S/c1-13-14(11,12)8-2-5-10-6-3-9-4-7-10/h9H,2-8H2,1H3. The second-order valence-corrected chi connectivity index (χ2v) is 5.23. The van der Waals surface area contributed by atoms with Crippen LogP contribution in [0.5, 0.6) is 0 Å². The summed E-state index contributed by atoms with van der Waals surface area (Å²) in [5.41, 5.74) is 0. The first-order chi connectivity index (χ1) is 6.64. The zero-order valence-corrected chi connectivity index (χ0v) is 9.35. The van der Waals surface area contributed by atoms with Gasteiger partial charge in [-0.3, -0.25) is 4.18 Å². The van der Waals surface area contributed by atoms with Crippen molar-refractivity contribution in [2.24, 2.45) is 0 Å². The molecule has 1 aliphatic heterocycles. The number of hydrogen-bond donors (Lipinski definition) is 1. The molecule has 0 aromatic rings. The van der Waals surface area contributed by atoms with Crippen LogP contribution in [-0.2, 0) is 14.3 Å². The monoisotopic (exact) mass is 222 g/mol. The van der Waals surface area contributed by atoms with Crippen LogP contribution < -0.4 is 5.32 Å². The van der Waals surface area contributed by atoms with Crippen molar-refractivity contribution in [3.05, 3.63) is 0 Å². The minimum Gasteiger partial charge on any atom is -0.314 e. The quantitative estimate of drug-likeness (QED) is 0.621. The Kier molecular flexibility index (Phi) is 4.80. The van der Waals surface area contributed by atoms with Gasteiger partial charge in [0, 0.05) is 26.2 Å². The molecule has 84 valence electrons. The largest absolute Gasteiger partial charge is 0.314 e. The first-order valence-electron chi connectivity index (χ1n) is 4.85. The van der Waals surface area contributed by atoms with Crippen molar-refractivity contribution in [2.75, 3.05) is 45.6 Å². The Hall–Kier alpha value is -0.170. The lowest BCUT2D eigenvalue weighted by Crippen LogP contribution is -2.44. The summed E-state index contributed by atoms with van der Waals surface area (Å²) in [7, 11) is -2.05. The van der Waals surface area contributed by atoms with E-state index < -0.39 is 10.1 Å². The van der Waals surface area contributed by atoms with Crippen LogP contribution in [0.1, 0.15) is 6.42 Å². The maximum atomic E-state index is 11.0. The van der Waals surface area contributed by atoms with E-state index in [0.29, 0.717) is 6.42 Å². The van der Waals surface area contributed by atoms with Gasteiger partial charge in [-0.1, -0.05) is 0 Å². The molecule has 1 aliphatic rings. The molecule has 0 spiro atoms. The SMILES string of the molecule is COS(=O)(=O)CCCN1CCNCC1. The molecule has 0 unspecified atom stereocenters. The van der Waals surface area contributed by atoms with Crippen molar-refractivity contribution in [1.82, 2.24) is 10.2 Å². The minimum absolute atomic E-state index is 0.118. The van der Waals surface area contributed by atoms with Crippen LogP contribution in [0.25, 0.3) is 0 Å². The van der Waals surface area contributed by atoms with Gasteiger partial charge in [-0.2, -0.15) is 8.42 Å². The summed E-state index contributed by atoms with van der Waals surface area (Å²) in [6.07, 6.45) is 0.649. The molecule has 14 heavy (non-hydrogen) atoms. The molecule has 0 aliphatic carbocycles. The molecule has 1 fully saturated rings. The fourth-order valence-electron chi connectivity index (χ4n) is 1.48. The fourth-order valence-corrected chi connectivity index (χ4v) is 2.13. The van der Waals surface area contributed by atoms with E-state index in [1.807, 2.05) is 0 Å². The maximum absolute atomic E-state index is 11.0. The summed E-state index contributed by atoms with van der Waals surface area (Å²) in [5, 5.41) is 3.25. The van der Waals surface area contributed by atoms with E-state index in [1.54, 1.807) is 0 Å². The van der Waals surface area contributed by atoms with Crippen molar-refractivity contribution in [3.63, 3.8) is 0 Å². The Balaban J connectivity index is 2.14. The van der Waals surface area contributed by atoms with Gasteiger partial charge in [0.25, 0.3) is 10.1 Å². The van der Waals surface area contributed by atoms with Crippen molar-refractivity contribution in [2.45, 2.75) is 6.42 Å². The zero-order chi connectivity index (χ0) is 10.4. The number of nitrogens with zero attached hydrogens (tertiary/aromatic N) is 1. The second kappa shape index (κ2) is 5.65. The Morgan fingerprint density at radius 1 is 1.36 bits per heavy atom. The highest BCUT2D eigenvalue weighted by atomic mass is 32.2. The third-order valence-electron chi connectivity index (χ3n) is 2.33.